The van der Waals surface area contributed by atoms with Crippen molar-refractivity contribution < 1.29 is 0 Å². The van der Waals surface area contributed by atoms with E-state index in [1.165, 1.54) is 4.90 Å². The Kier molecular flexibility index (Phi) is 3.24. The highest BCUT2D eigenvalue weighted by Crippen LogP contribution is 2.22. The lowest BCUT2D eigenvalue weighted by atomic mass is 10.4. The topological polar surface area (TPSA) is 0 Å². The van der Waals surface area contributed by atoms with E-state index in [0.717, 1.165) is 0 Å². The van der Waals surface area contributed by atoms with Gasteiger partial charge in [0.2, 0.25) is 0 Å². The van der Waals surface area contributed by atoms with E-state index in [0.29, 0.717) is 5.25 Å². The first-order chi connectivity index (χ1) is 5.33. The van der Waals surface area contributed by atoms with Gasteiger partial charge in [-0.25, -0.2) is 0 Å². The Morgan fingerprint density at radius 1 is 1.36 bits per heavy atom. The van der Waals surface area contributed by atoms with Crippen molar-refractivity contribution in [2.24, 2.45) is 0 Å². The molecule has 1 atom stereocenters. The summed E-state index contributed by atoms with van der Waals surface area (Å²) in [5.41, 5.74) is 0. The van der Waals surface area contributed by atoms with E-state index in [1.54, 1.807) is 0 Å². The molecule has 58 valence electrons. The van der Waals surface area contributed by atoms with Crippen molar-refractivity contribution in [2.75, 3.05) is 0 Å². The van der Waals surface area contributed by atoms with Gasteiger partial charge < -0.3 is 0 Å². The van der Waals surface area contributed by atoms with Crippen LogP contribution in [0.5, 0.6) is 0 Å². The zero-order valence-electron chi connectivity index (χ0n) is 6.66. The van der Waals surface area contributed by atoms with Gasteiger partial charge in [-0.15, -0.1) is 18.3 Å². The highest BCUT2D eigenvalue weighted by atomic mass is 32.2. The molecule has 0 bridgehead atoms. The van der Waals surface area contributed by atoms with Crippen LogP contribution >= 0.6 is 11.8 Å². The van der Waals surface area contributed by atoms with Crippen LogP contribution < -0.4 is 0 Å². The van der Waals surface area contributed by atoms with Crippen molar-refractivity contribution in [2.45, 2.75) is 17.1 Å². The van der Waals surface area contributed by atoms with E-state index in [-0.39, 0.29) is 0 Å². The van der Waals surface area contributed by atoms with E-state index >= 15 is 0 Å². The lowest BCUT2D eigenvalue weighted by molar-refractivity contribution is 1.24. The fraction of sp³-hybridized carbons (Fsp3) is 0.200. The normalized spacial score (nSPS) is 12.5. The van der Waals surface area contributed by atoms with Crippen molar-refractivity contribution >= 4 is 11.8 Å². The Labute approximate surface area is 72.3 Å². The van der Waals surface area contributed by atoms with Gasteiger partial charge in [0.25, 0.3) is 0 Å². The minimum Gasteiger partial charge on any atom is -0.119 e. The predicted molar refractivity (Wildman–Crippen MR) is 52.0 cm³/mol. The minimum absolute atomic E-state index is 0.498. The van der Waals surface area contributed by atoms with Gasteiger partial charge in [-0.2, -0.15) is 0 Å². The molecule has 0 N–H and O–H groups in total. The Morgan fingerprint density at radius 3 is 2.55 bits per heavy atom. The van der Waals surface area contributed by atoms with Gasteiger partial charge in [-0.1, -0.05) is 24.3 Å². The summed E-state index contributed by atoms with van der Waals surface area (Å²) in [7, 11) is 0. The largest absolute Gasteiger partial charge is 0.119 e. The first-order valence-electron chi connectivity index (χ1n) is 3.67. The van der Waals surface area contributed by atoms with Crippen molar-refractivity contribution in [1.82, 2.24) is 0 Å². The molecule has 0 spiro atoms. The molecule has 0 aliphatic heterocycles. The third kappa shape index (κ3) is 2.81. The second-order valence-corrected chi connectivity index (χ2v) is 3.82. The van der Waals surface area contributed by atoms with Crippen LogP contribution in [-0.4, -0.2) is 5.25 Å². The molecule has 0 saturated heterocycles. The summed E-state index contributed by atoms with van der Waals surface area (Å²) < 4.78 is 0. The number of hydrogen-bond donors (Lipinski definition) is 0. The maximum atomic E-state index is 3.74. The van der Waals surface area contributed by atoms with Crippen molar-refractivity contribution in [3.05, 3.63) is 43.0 Å². The van der Waals surface area contributed by atoms with Crippen molar-refractivity contribution in [1.29, 1.82) is 0 Å². The van der Waals surface area contributed by atoms with Crippen LogP contribution in [0.4, 0.5) is 0 Å². The Morgan fingerprint density at radius 2 is 2.00 bits per heavy atom. The molecule has 0 aliphatic rings. The SMILES string of the molecule is C=CC(C)Sc1ccccc1. The van der Waals surface area contributed by atoms with Gasteiger partial charge in [0.15, 0.2) is 0 Å². The first kappa shape index (κ1) is 8.41. The van der Waals surface area contributed by atoms with Gasteiger partial charge in [0.1, 0.15) is 0 Å². The van der Waals surface area contributed by atoms with E-state index < -0.39 is 0 Å². The lowest BCUT2D eigenvalue weighted by Crippen LogP contribution is -1.86. The highest BCUT2D eigenvalue weighted by Gasteiger charge is 1.96. The van der Waals surface area contributed by atoms with Gasteiger partial charge in [-0.3, -0.25) is 0 Å². The Bertz CT molecular complexity index is 216. The average molecular weight is 164 g/mol. The number of hydrogen-bond acceptors (Lipinski definition) is 1. The fourth-order valence-electron chi connectivity index (χ4n) is 0.762. The fourth-order valence-corrected chi connectivity index (χ4v) is 1.60. The number of rotatable bonds is 3. The van der Waals surface area contributed by atoms with Crippen LogP contribution in [0.3, 0.4) is 0 Å². The van der Waals surface area contributed by atoms with E-state index in [4.69, 9.17) is 0 Å². The lowest BCUT2D eigenvalue weighted by Gasteiger charge is -2.03. The number of thioether (sulfide) groups is 1. The average Bonchev–Trinajstić information content (AvgIpc) is 2.06. The van der Waals surface area contributed by atoms with Crippen molar-refractivity contribution in [3.8, 4) is 0 Å². The van der Waals surface area contributed by atoms with Crippen LogP contribution in [0.15, 0.2) is 47.9 Å². The number of benzene rings is 1. The molecule has 1 aromatic carbocycles. The van der Waals surface area contributed by atoms with E-state index in [2.05, 4.69) is 37.8 Å². The van der Waals surface area contributed by atoms with Crippen LogP contribution in [0, 0.1) is 0 Å². The predicted octanol–water partition coefficient (Wildman–Crippen LogP) is 3.35. The molecule has 0 fully saturated rings. The summed E-state index contributed by atoms with van der Waals surface area (Å²) in [4.78, 5) is 1.31. The monoisotopic (exact) mass is 164 g/mol. The second-order valence-electron chi connectivity index (χ2n) is 2.37. The minimum atomic E-state index is 0.498. The summed E-state index contributed by atoms with van der Waals surface area (Å²) in [5, 5.41) is 0.498. The van der Waals surface area contributed by atoms with Gasteiger partial charge in [-0.05, 0) is 19.1 Å². The molecule has 0 amide bonds. The maximum Gasteiger partial charge on any atom is 0.0243 e. The molecule has 1 rings (SSSR count). The van der Waals surface area contributed by atoms with Gasteiger partial charge in [0.05, 0.1) is 0 Å². The van der Waals surface area contributed by atoms with Crippen molar-refractivity contribution in [3.63, 3.8) is 0 Å². The van der Waals surface area contributed by atoms with E-state index in [9.17, 15) is 0 Å². The first-order valence-corrected chi connectivity index (χ1v) is 4.55. The molecular weight excluding hydrogens is 152 g/mol. The van der Waals surface area contributed by atoms with Crippen LogP contribution in [0.2, 0.25) is 0 Å². The molecule has 0 radical (unpaired) electrons. The molecule has 1 unspecified atom stereocenters. The summed E-state index contributed by atoms with van der Waals surface area (Å²) in [6.07, 6.45) is 1.96. The molecule has 11 heavy (non-hydrogen) atoms. The maximum absolute atomic E-state index is 3.74. The Hall–Kier alpha value is -0.690. The summed E-state index contributed by atoms with van der Waals surface area (Å²) in [5.74, 6) is 0. The third-order valence-corrected chi connectivity index (χ3v) is 2.51. The second kappa shape index (κ2) is 4.24. The molecule has 1 heteroatoms. The highest BCUT2D eigenvalue weighted by molar-refractivity contribution is 8.00. The van der Waals surface area contributed by atoms with Crippen LogP contribution in [0.1, 0.15) is 6.92 Å². The molecule has 1 aromatic rings. The summed E-state index contributed by atoms with van der Waals surface area (Å²) >= 11 is 1.83. The molecule has 0 nitrogen and oxygen atoms in total. The standard InChI is InChI=1S/C10H12S/c1-3-9(2)11-10-7-5-4-6-8-10/h3-9H,1H2,2H3. The summed E-state index contributed by atoms with van der Waals surface area (Å²) in [6.45, 7) is 5.88. The quantitative estimate of drug-likeness (QED) is 0.487. The van der Waals surface area contributed by atoms with Crippen LogP contribution in [0.25, 0.3) is 0 Å². The zero-order chi connectivity index (χ0) is 8.10. The van der Waals surface area contributed by atoms with E-state index in [1.807, 2.05) is 23.9 Å². The molecule has 0 aromatic heterocycles. The summed E-state index contributed by atoms with van der Waals surface area (Å²) in [6, 6.07) is 10.4. The Balaban J connectivity index is 2.57. The molecule has 0 heterocycles. The molecule has 0 saturated carbocycles. The van der Waals surface area contributed by atoms with Crippen LogP contribution in [-0.2, 0) is 0 Å². The zero-order valence-corrected chi connectivity index (χ0v) is 7.47. The van der Waals surface area contributed by atoms with Gasteiger partial charge in [0, 0.05) is 10.1 Å². The third-order valence-electron chi connectivity index (χ3n) is 1.40. The smallest absolute Gasteiger partial charge is 0.0243 e. The molecular formula is C10H12S. The van der Waals surface area contributed by atoms with Gasteiger partial charge >= 0.3 is 0 Å². The molecule has 0 aliphatic carbocycles.